The zero-order valence-electron chi connectivity index (χ0n) is 17.4. The zero-order chi connectivity index (χ0) is 18.8. The Morgan fingerprint density at radius 1 is 0.708 bits per heavy atom. The van der Waals surface area contributed by atoms with E-state index in [0.29, 0.717) is 13.2 Å². The predicted octanol–water partition coefficient (Wildman–Crippen LogP) is 5.29. The molecule has 0 unspecified atom stereocenters. The normalized spacial score (nSPS) is 23.6. The third-order valence-corrected chi connectivity index (χ3v) is 14.7. The molecule has 1 rings (SSSR count). The topological polar surface area (TPSA) is 36.9 Å². The molecular formula is C18H38O4Si2. The van der Waals surface area contributed by atoms with E-state index >= 15 is 0 Å². The van der Waals surface area contributed by atoms with Crippen molar-refractivity contribution in [3.63, 3.8) is 0 Å². The minimum absolute atomic E-state index is 0.136. The molecule has 0 amide bonds. The van der Waals surface area contributed by atoms with E-state index in [1.54, 1.807) is 0 Å². The summed E-state index contributed by atoms with van der Waals surface area (Å²) in [4.78, 5) is 11.0. The molecule has 2 atom stereocenters. The molecule has 24 heavy (non-hydrogen) atoms. The largest absolute Gasteiger partial charge is 0.414 e. The van der Waals surface area contributed by atoms with Crippen molar-refractivity contribution in [1.29, 1.82) is 0 Å². The summed E-state index contributed by atoms with van der Waals surface area (Å²) in [5, 5.41) is 0.400. The summed E-state index contributed by atoms with van der Waals surface area (Å²) in [5.41, 5.74) is 0. The molecule has 1 aliphatic heterocycles. The van der Waals surface area contributed by atoms with Crippen molar-refractivity contribution in [2.24, 2.45) is 0 Å². The van der Waals surface area contributed by atoms with E-state index in [9.17, 15) is 0 Å². The van der Waals surface area contributed by atoms with E-state index in [-0.39, 0.29) is 22.3 Å². The van der Waals surface area contributed by atoms with Gasteiger partial charge in [-0.15, -0.1) is 0 Å². The summed E-state index contributed by atoms with van der Waals surface area (Å²) in [7, 11) is -3.51. The van der Waals surface area contributed by atoms with Crippen molar-refractivity contribution < 1.29 is 18.6 Å². The Bertz CT molecular complexity index is 393. The maximum absolute atomic E-state index is 6.19. The minimum atomic E-state index is -1.76. The van der Waals surface area contributed by atoms with Crippen molar-refractivity contribution >= 4 is 16.6 Å². The molecule has 1 aliphatic rings. The lowest BCUT2D eigenvalue weighted by molar-refractivity contribution is -0.345. The van der Waals surface area contributed by atoms with Crippen molar-refractivity contribution in [2.75, 3.05) is 13.2 Å². The molecule has 0 aromatic heterocycles. The first-order valence-electron chi connectivity index (χ1n) is 8.94. The molecule has 0 saturated heterocycles. The van der Waals surface area contributed by atoms with Crippen LogP contribution in [0.4, 0.5) is 0 Å². The van der Waals surface area contributed by atoms with Crippen LogP contribution in [0, 0.1) is 0 Å². The van der Waals surface area contributed by atoms with Crippen LogP contribution in [-0.2, 0) is 18.6 Å². The van der Waals surface area contributed by atoms with Gasteiger partial charge in [-0.05, 0) is 36.3 Å². The molecule has 4 nitrogen and oxygen atoms in total. The lowest BCUT2D eigenvalue weighted by atomic mass is 10.2. The van der Waals surface area contributed by atoms with Gasteiger partial charge in [0.1, 0.15) is 12.2 Å². The van der Waals surface area contributed by atoms with E-state index < -0.39 is 16.6 Å². The highest BCUT2D eigenvalue weighted by Gasteiger charge is 2.39. The van der Waals surface area contributed by atoms with E-state index in [2.05, 4.69) is 67.7 Å². The third-order valence-electron chi connectivity index (χ3n) is 5.67. The van der Waals surface area contributed by atoms with Crippen LogP contribution < -0.4 is 0 Å². The molecule has 0 aromatic carbocycles. The van der Waals surface area contributed by atoms with Gasteiger partial charge in [0.2, 0.25) is 0 Å². The molecule has 0 spiro atoms. The molecule has 0 N–H and O–H groups in total. The lowest BCUT2D eigenvalue weighted by Crippen LogP contribution is -2.44. The number of rotatable bonds is 6. The SMILES string of the molecule is CC(C)(C)[Si](C)(C)OC[C@H]1C=C[C@@H](CO[Si](C)(C)C(C)(C)C)OO1. The molecule has 1 heterocycles. The molecule has 6 heteroatoms. The van der Waals surface area contributed by atoms with Crippen molar-refractivity contribution in [2.45, 2.75) is 90.0 Å². The van der Waals surface area contributed by atoms with Gasteiger partial charge >= 0.3 is 0 Å². The van der Waals surface area contributed by atoms with Crippen LogP contribution in [0.25, 0.3) is 0 Å². The summed E-state index contributed by atoms with van der Waals surface area (Å²) < 4.78 is 12.4. The van der Waals surface area contributed by atoms with E-state index in [1.165, 1.54) is 0 Å². The van der Waals surface area contributed by atoms with Gasteiger partial charge in [0.25, 0.3) is 0 Å². The highest BCUT2D eigenvalue weighted by Crippen LogP contribution is 2.37. The molecule has 0 radical (unpaired) electrons. The summed E-state index contributed by atoms with van der Waals surface area (Å²) >= 11 is 0. The second-order valence-electron chi connectivity index (χ2n) is 9.80. The van der Waals surface area contributed by atoms with Gasteiger partial charge in [0.15, 0.2) is 16.6 Å². The Labute approximate surface area is 151 Å². The molecule has 0 fully saturated rings. The van der Waals surface area contributed by atoms with Crippen LogP contribution in [0.5, 0.6) is 0 Å². The summed E-state index contributed by atoms with van der Waals surface area (Å²) in [6.45, 7) is 23.5. The fraction of sp³-hybridized carbons (Fsp3) is 0.889. The van der Waals surface area contributed by atoms with Gasteiger partial charge in [0.05, 0.1) is 13.2 Å². The molecule has 142 valence electrons. The monoisotopic (exact) mass is 374 g/mol. The summed E-state index contributed by atoms with van der Waals surface area (Å²) in [6.07, 6.45) is 3.80. The van der Waals surface area contributed by atoms with Gasteiger partial charge in [-0.25, -0.2) is 9.78 Å². The Hall–Kier alpha value is 0.0138. The van der Waals surface area contributed by atoms with Crippen LogP contribution in [0.1, 0.15) is 41.5 Å². The molecule has 0 aromatic rings. The lowest BCUT2D eigenvalue weighted by Gasteiger charge is -2.38. The van der Waals surface area contributed by atoms with Crippen molar-refractivity contribution in [1.82, 2.24) is 0 Å². The fourth-order valence-electron chi connectivity index (χ4n) is 1.64. The van der Waals surface area contributed by atoms with Crippen LogP contribution in [-0.4, -0.2) is 42.1 Å². The fourth-order valence-corrected chi connectivity index (χ4v) is 3.66. The second kappa shape index (κ2) is 7.72. The van der Waals surface area contributed by atoms with Gasteiger partial charge in [0, 0.05) is 0 Å². The average molecular weight is 375 g/mol. The van der Waals surface area contributed by atoms with Gasteiger partial charge < -0.3 is 8.85 Å². The Kier molecular flexibility index (Phi) is 7.09. The maximum Gasteiger partial charge on any atom is 0.192 e. The van der Waals surface area contributed by atoms with Crippen molar-refractivity contribution in [3.8, 4) is 0 Å². The Balaban J connectivity index is 2.45. The predicted molar refractivity (Wildman–Crippen MR) is 105 cm³/mol. The Morgan fingerprint density at radius 3 is 1.21 bits per heavy atom. The average Bonchev–Trinajstić information content (AvgIpc) is 2.41. The molecule has 0 aliphatic carbocycles. The van der Waals surface area contributed by atoms with E-state index in [0.717, 1.165) is 0 Å². The smallest absolute Gasteiger partial charge is 0.192 e. The van der Waals surface area contributed by atoms with Crippen LogP contribution >= 0.6 is 0 Å². The number of hydrogen-bond donors (Lipinski definition) is 0. The van der Waals surface area contributed by atoms with Gasteiger partial charge in [-0.3, -0.25) is 0 Å². The van der Waals surface area contributed by atoms with Crippen LogP contribution in [0.3, 0.4) is 0 Å². The summed E-state index contributed by atoms with van der Waals surface area (Å²) in [5.74, 6) is 0. The van der Waals surface area contributed by atoms with Gasteiger partial charge in [-0.2, -0.15) is 0 Å². The molecule has 0 saturated carbocycles. The maximum atomic E-state index is 6.19. The first-order chi connectivity index (χ1) is 10.7. The van der Waals surface area contributed by atoms with Crippen LogP contribution in [0.15, 0.2) is 12.2 Å². The quantitative estimate of drug-likeness (QED) is 0.360. The highest BCUT2D eigenvalue weighted by atomic mass is 28.4. The highest BCUT2D eigenvalue weighted by molar-refractivity contribution is 6.74. The summed E-state index contributed by atoms with van der Waals surface area (Å²) in [6, 6.07) is 0. The first kappa shape index (κ1) is 22.1. The second-order valence-corrected chi connectivity index (χ2v) is 19.4. The number of hydrogen-bond acceptors (Lipinski definition) is 4. The van der Waals surface area contributed by atoms with Gasteiger partial charge in [-0.1, -0.05) is 53.7 Å². The standard InChI is InChI=1S/C18H38O4Si2/c1-17(2,3)23(7,8)19-13-15-11-12-16(22-21-15)14-20-24(9,10)18(4,5)6/h11-12,15-16H,13-14H2,1-10H3/t15-,16+. The zero-order valence-corrected chi connectivity index (χ0v) is 19.4. The Morgan fingerprint density at radius 2 is 1.00 bits per heavy atom. The third kappa shape index (κ3) is 6.07. The van der Waals surface area contributed by atoms with E-state index in [4.69, 9.17) is 18.6 Å². The first-order valence-corrected chi connectivity index (χ1v) is 14.8. The minimum Gasteiger partial charge on any atom is -0.414 e. The van der Waals surface area contributed by atoms with E-state index in [1.807, 2.05) is 12.2 Å². The molecular weight excluding hydrogens is 336 g/mol. The molecule has 0 bridgehead atoms. The van der Waals surface area contributed by atoms with Crippen molar-refractivity contribution in [3.05, 3.63) is 12.2 Å². The van der Waals surface area contributed by atoms with Crippen LogP contribution in [0.2, 0.25) is 36.3 Å².